The number of sulfonamides is 1. The van der Waals surface area contributed by atoms with Crippen molar-refractivity contribution >= 4 is 43.0 Å². The van der Waals surface area contributed by atoms with E-state index in [1.807, 2.05) is 11.4 Å². The summed E-state index contributed by atoms with van der Waals surface area (Å²) in [6.45, 7) is 0.337. The molecule has 0 saturated carbocycles. The van der Waals surface area contributed by atoms with Crippen LogP contribution in [0.3, 0.4) is 0 Å². The summed E-state index contributed by atoms with van der Waals surface area (Å²) in [7, 11) is -3.38. The second kappa shape index (κ2) is 7.26. The van der Waals surface area contributed by atoms with Crippen LogP contribution in [-0.4, -0.2) is 20.8 Å². The monoisotopic (exact) mass is 390 g/mol. The number of halogens is 1. The number of hydrogen-bond acceptors (Lipinski definition) is 5. The smallest absolute Gasteiger partial charge is 0.215 e. The molecule has 2 rings (SSSR count). The van der Waals surface area contributed by atoms with Gasteiger partial charge in [0.2, 0.25) is 10.0 Å². The molecule has 0 fully saturated rings. The third-order valence-electron chi connectivity index (χ3n) is 2.62. The first-order valence-corrected chi connectivity index (χ1v) is 9.46. The zero-order valence-corrected chi connectivity index (χ0v) is 14.3. The van der Waals surface area contributed by atoms with Crippen molar-refractivity contribution in [1.29, 1.82) is 0 Å². The Morgan fingerprint density at radius 3 is 2.76 bits per heavy atom. The second-order valence-corrected chi connectivity index (χ2v) is 8.10. The van der Waals surface area contributed by atoms with E-state index in [9.17, 15) is 8.42 Å². The van der Waals surface area contributed by atoms with Gasteiger partial charge in [0.1, 0.15) is 12.4 Å². The van der Waals surface area contributed by atoms with Crippen LogP contribution < -0.4 is 15.2 Å². The average Bonchev–Trinajstić information content (AvgIpc) is 2.85. The van der Waals surface area contributed by atoms with Gasteiger partial charge in [-0.3, -0.25) is 0 Å². The molecule has 0 unspecified atom stereocenters. The maximum atomic E-state index is 11.9. The SMILES string of the molecule is Nc1ccccc1OCCS(=O)(=O)NCc1cc(Br)cs1. The Bertz CT molecular complexity index is 701. The van der Waals surface area contributed by atoms with E-state index in [0.717, 1.165) is 9.35 Å². The van der Waals surface area contributed by atoms with Gasteiger partial charge < -0.3 is 10.5 Å². The Morgan fingerprint density at radius 1 is 1.33 bits per heavy atom. The number of thiophene rings is 1. The zero-order chi connectivity index (χ0) is 15.3. The lowest BCUT2D eigenvalue weighted by Gasteiger charge is -2.09. The Hall–Kier alpha value is -1.09. The van der Waals surface area contributed by atoms with Crippen molar-refractivity contribution in [2.75, 3.05) is 18.1 Å². The van der Waals surface area contributed by atoms with Crippen LogP contribution in [0.5, 0.6) is 5.75 Å². The normalized spacial score (nSPS) is 11.5. The predicted molar refractivity (Wildman–Crippen MR) is 89.0 cm³/mol. The number of para-hydroxylation sites is 2. The maximum Gasteiger partial charge on any atom is 0.215 e. The fourth-order valence-corrected chi connectivity index (χ4v) is 3.88. The highest BCUT2D eigenvalue weighted by atomic mass is 79.9. The number of benzene rings is 1. The molecule has 114 valence electrons. The van der Waals surface area contributed by atoms with Gasteiger partial charge in [-0.2, -0.15) is 0 Å². The topological polar surface area (TPSA) is 81.4 Å². The molecule has 1 heterocycles. The summed E-state index contributed by atoms with van der Waals surface area (Å²) in [5, 5.41) is 1.91. The van der Waals surface area contributed by atoms with Gasteiger partial charge >= 0.3 is 0 Å². The molecule has 2 aromatic rings. The van der Waals surface area contributed by atoms with Crippen LogP contribution in [0.2, 0.25) is 0 Å². The molecule has 0 atom stereocenters. The molecule has 0 aliphatic rings. The molecule has 3 N–H and O–H groups in total. The largest absolute Gasteiger partial charge is 0.490 e. The van der Waals surface area contributed by atoms with E-state index in [2.05, 4.69) is 20.7 Å². The highest BCUT2D eigenvalue weighted by molar-refractivity contribution is 9.10. The molecule has 0 spiro atoms. The van der Waals surface area contributed by atoms with Crippen LogP contribution >= 0.6 is 27.3 Å². The fraction of sp³-hybridized carbons (Fsp3) is 0.231. The van der Waals surface area contributed by atoms with Crippen molar-refractivity contribution in [1.82, 2.24) is 4.72 Å². The van der Waals surface area contributed by atoms with Crippen molar-refractivity contribution in [2.45, 2.75) is 6.54 Å². The van der Waals surface area contributed by atoms with Gasteiger partial charge in [-0.1, -0.05) is 12.1 Å². The van der Waals surface area contributed by atoms with E-state index in [1.165, 1.54) is 11.3 Å². The number of ether oxygens (including phenoxy) is 1. The Morgan fingerprint density at radius 2 is 2.10 bits per heavy atom. The Balaban J connectivity index is 1.80. The maximum absolute atomic E-state index is 11.9. The molecule has 0 bridgehead atoms. The van der Waals surface area contributed by atoms with Crippen molar-refractivity contribution in [2.24, 2.45) is 0 Å². The van der Waals surface area contributed by atoms with Crippen molar-refractivity contribution in [3.05, 3.63) is 45.1 Å². The molecule has 0 saturated heterocycles. The van der Waals surface area contributed by atoms with Gasteiger partial charge in [0.15, 0.2) is 0 Å². The molecule has 1 aromatic heterocycles. The standard InChI is InChI=1S/C13H15BrN2O3S2/c14-10-7-11(20-9-10)8-16-21(17,18)6-5-19-13-4-2-1-3-12(13)15/h1-4,7,9,16H,5-6,8,15H2. The highest BCUT2D eigenvalue weighted by Crippen LogP contribution is 2.20. The average molecular weight is 391 g/mol. The van der Waals surface area contributed by atoms with E-state index >= 15 is 0 Å². The predicted octanol–water partition coefficient (Wildman–Crippen LogP) is 2.59. The third kappa shape index (κ3) is 5.31. The first kappa shape index (κ1) is 16.3. The third-order valence-corrected chi connectivity index (χ3v) is 5.60. The molecule has 0 amide bonds. The number of nitrogens with two attached hydrogens (primary N) is 1. The molecular weight excluding hydrogens is 376 g/mol. The van der Waals surface area contributed by atoms with Crippen LogP contribution in [-0.2, 0) is 16.6 Å². The summed E-state index contributed by atoms with van der Waals surface area (Å²) in [5.74, 6) is 0.378. The van der Waals surface area contributed by atoms with Gasteiger partial charge in [-0.05, 0) is 34.1 Å². The summed E-state index contributed by atoms with van der Waals surface area (Å²) in [6, 6.07) is 8.87. The lowest BCUT2D eigenvalue weighted by atomic mass is 10.3. The lowest BCUT2D eigenvalue weighted by Crippen LogP contribution is -2.28. The van der Waals surface area contributed by atoms with E-state index in [-0.39, 0.29) is 18.9 Å². The number of hydrogen-bond donors (Lipinski definition) is 2. The Labute approximate surface area is 136 Å². The molecule has 0 aliphatic carbocycles. The Kier molecular flexibility index (Phi) is 5.63. The summed E-state index contributed by atoms with van der Waals surface area (Å²) >= 11 is 4.82. The van der Waals surface area contributed by atoms with E-state index in [4.69, 9.17) is 10.5 Å². The van der Waals surface area contributed by atoms with Gasteiger partial charge in [0, 0.05) is 21.3 Å². The van der Waals surface area contributed by atoms with E-state index < -0.39 is 10.0 Å². The highest BCUT2D eigenvalue weighted by Gasteiger charge is 2.11. The van der Waals surface area contributed by atoms with Gasteiger partial charge in [0.25, 0.3) is 0 Å². The zero-order valence-electron chi connectivity index (χ0n) is 11.1. The van der Waals surface area contributed by atoms with Gasteiger partial charge in [-0.25, -0.2) is 13.1 Å². The first-order valence-electron chi connectivity index (χ1n) is 6.14. The second-order valence-electron chi connectivity index (χ2n) is 4.26. The number of anilines is 1. The summed E-state index contributed by atoms with van der Waals surface area (Å²) < 4.78 is 32.6. The fourth-order valence-electron chi connectivity index (χ4n) is 1.57. The number of nitrogens with one attached hydrogen (secondary N) is 1. The molecule has 0 aliphatic heterocycles. The molecule has 1 aromatic carbocycles. The van der Waals surface area contributed by atoms with Crippen LogP contribution in [0.1, 0.15) is 4.88 Å². The van der Waals surface area contributed by atoms with Gasteiger partial charge in [0.05, 0.1) is 11.4 Å². The van der Waals surface area contributed by atoms with E-state index in [1.54, 1.807) is 24.3 Å². The molecular formula is C13H15BrN2O3S2. The van der Waals surface area contributed by atoms with Crippen LogP contribution in [0.15, 0.2) is 40.2 Å². The molecule has 5 nitrogen and oxygen atoms in total. The van der Waals surface area contributed by atoms with Gasteiger partial charge in [-0.15, -0.1) is 11.3 Å². The van der Waals surface area contributed by atoms with Crippen molar-refractivity contribution in [3.8, 4) is 5.75 Å². The van der Waals surface area contributed by atoms with Crippen LogP contribution in [0.4, 0.5) is 5.69 Å². The minimum absolute atomic E-state index is 0.0533. The van der Waals surface area contributed by atoms with Crippen LogP contribution in [0, 0.1) is 0 Å². The molecule has 8 heteroatoms. The minimum Gasteiger partial charge on any atom is -0.490 e. The molecule has 21 heavy (non-hydrogen) atoms. The lowest BCUT2D eigenvalue weighted by molar-refractivity contribution is 0.342. The molecule has 0 radical (unpaired) electrons. The first-order chi connectivity index (χ1) is 9.96. The summed E-state index contributed by atoms with van der Waals surface area (Å²) in [6.07, 6.45) is 0. The summed E-state index contributed by atoms with van der Waals surface area (Å²) in [5.41, 5.74) is 6.21. The van der Waals surface area contributed by atoms with Crippen molar-refractivity contribution < 1.29 is 13.2 Å². The summed E-state index contributed by atoms with van der Waals surface area (Å²) in [4.78, 5) is 0.943. The quantitative estimate of drug-likeness (QED) is 0.711. The van der Waals surface area contributed by atoms with E-state index in [0.29, 0.717) is 11.4 Å². The number of rotatable bonds is 7. The minimum atomic E-state index is -3.38. The van der Waals surface area contributed by atoms with Crippen LogP contribution in [0.25, 0.3) is 0 Å². The van der Waals surface area contributed by atoms with Crippen molar-refractivity contribution in [3.63, 3.8) is 0 Å². The number of nitrogen functional groups attached to an aromatic ring is 1.